The number of hydrogen-bond donors (Lipinski definition) is 1. The molecule has 0 aliphatic carbocycles. The highest BCUT2D eigenvalue weighted by Gasteiger charge is 2.32. The van der Waals surface area contributed by atoms with Gasteiger partial charge in [-0.1, -0.05) is 12.1 Å². The summed E-state index contributed by atoms with van der Waals surface area (Å²) in [5, 5.41) is 3.00. The second-order valence-electron chi connectivity index (χ2n) is 4.56. The van der Waals surface area contributed by atoms with Crippen LogP contribution in [0.4, 0.5) is 5.69 Å². The fourth-order valence-corrected chi connectivity index (χ4v) is 3.72. The fraction of sp³-hybridized carbons (Fsp3) is 0.357. The van der Waals surface area contributed by atoms with E-state index in [4.69, 9.17) is 11.6 Å². The predicted molar refractivity (Wildman–Crippen MR) is 78.3 cm³/mol. The summed E-state index contributed by atoms with van der Waals surface area (Å²) in [5.41, 5.74) is 4.55. The first-order chi connectivity index (χ1) is 8.79. The average molecular weight is 280 g/mol. The van der Waals surface area contributed by atoms with Crippen molar-refractivity contribution in [3.63, 3.8) is 0 Å². The van der Waals surface area contributed by atoms with Crippen molar-refractivity contribution >= 4 is 40.5 Å². The molecule has 1 aromatic rings. The molecular weight excluding hydrogens is 266 g/mol. The van der Waals surface area contributed by atoms with Gasteiger partial charge in [0.15, 0.2) is 0 Å². The van der Waals surface area contributed by atoms with Gasteiger partial charge in [0, 0.05) is 28.6 Å². The minimum Gasteiger partial charge on any atom is -0.325 e. The summed E-state index contributed by atoms with van der Waals surface area (Å²) in [6.45, 7) is 0. The minimum atomic E-state index is 0.0162. The molecule has 0 fully saturated rings. The van der Waals surface area contributed by atoms with Crippen LogP contribution in [0, 0.1) is 5.92 Å². The molecule has 3 rings (SSSR count). The standard InChI is InChI=1S/C14H14ClNOS/c15-5-3-9-1-2-13-11(7-9)10-4-6-18-8-12(10)14(17)16-13/h1-2,4,7,12H,3,5-6,8H2,(H,16,17). The Balaban J connectivity index is 2.07. The Morgan fingerprint density at radius 1 is 1.44 bits per heavy atom. The zero-order chi connectivity index (χ0) is 12.5. The molecule has 2 heterocycles. The summed E-state index contributed by atoms with van der Waals surface area (Å²) in [6, 6.07) is 6.21. The zero-order valence-corrected chi connectivity index (χ0v) is 11.5. The van der Waals surface area contributed by atoms with Gasteiger partial charge < -0.3 is 5.32 Å². The van der Waals surface area contributed by atoms with Crippen molar-refractivity contribution in [2.24, 2.45) is 5.92 Å². The topological polar surface area (TPSA) is 29.1 Å². The first kappa shape index (κ1) is 12.1. The Labute approximate surface area is 116 Å². The van der Waals surface area contributed by atoms with E-state index in [9.17, 15) is 4.79 Å². The first-order valence-electron chi connectivity index (χ1n) is 6.07. The third-order valence-electron chi connectivity index (χ3n) is 3.43. The van der Waals surface area contributed by atoms with Gasteiger partial charge in [0.25, 0.3) is 0 Å². The largest absolute Gasteiger partial charge is 0.325 e. The van der Waals surface area contributed by atoms with E-state index in [1.54, 1.807) is 0 Å². The summed E-state index contributed by atoms with van der Waals surface area (Å²) >= 11 is 7.61. The lowest BCUT2D eigenvalue weighted by Gasteiger charge is -2.30. The van der Waals surface area contributed by atoms with Crippen LogP contribution in [0.15, 0.2) is 24.3 Å². The molecule has 1 N–H and O–H groups in total. The molecule has 0 saturated carbocycles. The van der Waals surface area contributed by atoms with Gasteiger partial charge in [0.1, 0.15) is 0 Å². The molecule has 2 nitrogen and oxygen atoms in total. The van der Waals surface area contributed by atoms with Crippen LogP contribution >= 0.6 is 23.4 Å². The summed E-state index contributed by atoms with van der Waals surface area (Å²) in [7, 11) is 0. The Morgan fingerprint density at radius 2 is 2.33 bits per heavy atom. The van der Waals surface area contributed by atoms with Gasteiger partial charge in [-0.25, -0.2) is 0 Å². The number of amides is 1. The predicted octanol–water partition coefficient (Wildman–Crippen LogP) is 3.17. The molecule has 0 aromatic heterocycles. The van der Waals surface area contributed by atoms with Crippen LogP contribution in [0.3, 0.4) is 0 Å². The number of halogens is 1. The number of benzene rings is 1. The van der Waals surface area contributed by atoms with Gasteiger partial charge in [-0.3, -0.25) is 4.79 Å². The SMILES string of the molecule is O=C1Nc2ccc(CCCl)cc2C2=CCSCC12. The number of nitrogens with one attached hydrogen (secondary N) is 1. The van der Waals surface area contributed by atoms with Crippen LogP contribution < -0.4 is 5.32 Å². The van der Waals surface area contributed by atoms with Gasteiger partial charge in [-0.2, -0.15) is 11.8 Å². The highest BCUT2D eigenvalue weighted by molar-refractivity contribution is 7.99. The maximum absolute atomic E-state index is 12.0. The average Bonchev–Trinajstić information content (AvgIpc) is 2.40. The molecule has 94 valence electrons. The summed E-state index contributed by atoms with van der Waals surface area (Å²) in [6.07, 6.45) is 3.07. The number of rotatable bonds is 2. The summed E-state index contributed by atoms with van der Waals surface area (Å²) in [4.78, 5) is 12.0. The molecule has 2 aliphatic rings. The lowest BCUT2D eigenvalue weighted by molar-refractivity contribution is -0.117. The molecule has 0 spiro atoms. The van der Waals surface area contributed by atoms with Crippen molar-refractivity contribution in [2.45, 2.75) is 6.42 Å². The maximum Gasteiger partial charge on any atom is 0.232 e. The van der Waals surface area contributed by atoms with Crippen molar-refractivity contribution in [1.29, 1.82) is 0 Å². The number of carbonyl (C=O) groups is 1. The molecule has 1 atom stereocenters. The second kappa shape index (κ2) is 4.98. The van der Waals surface area contributed by atoms with E-state index in [0.29, 0.717) is 5.88 Å². The third kappa shape index (κ3) is 2.06. The van der Waals surface area contributed by atoms with E-state index in [1.807, 2.05) is 23.9 Å². The summed E-state index contributed by atoms with van der Waals surface area (Å²) in [5.74, 6) is 2.66. The minimum absolute atomic E-state index is 0.0162. The van der Waals surface area contributed by atoms with Gasteiger partial charge in [0.2, 0.25) is 5.91 Å². The fourth-order valence-electron chi connectivity index (χ4n) is 2.50. The van der Waals surface area contributed by atoms with Crippen molar-refractivity contribution in [3.05, 3.63) is 35.4 Å². The second-order valence-corrected chi connectivity index (χ2v) is 6.01. The van der Waals surface area contributed by atoms with Gasteiger partial charge in [0.05, 0.1) is 5.92 Å². The molecule has 1 unspecified atom stereocenters. The van der Waals surface area contributed by atoms with Crippen LogP contribution in [0.2, 0.25) is 0 Å². The van der Waals surface area contributed by atoms with Crippen molar-refractivity contribution in [2.75, 3.05) is 22.7 Å². The smallest absolute Gasteiger partial charge is 0.232 e. The third-order valence-corrected chi connectivity index (χ3v) is 4.59. The van der Waals surface area contributed by atoms with Gasteiger partial charge >= 0.3 is 0 Å². The molecule has 0 bridgehead atoms. The molecule has 4 heteroatoms. The number of alkyl halides is 1. The lowest BCUT2D eigenvalue weighted by atomic mass is 9.87. The number of fused-ring (bicyclic) bond motifs is 3. The van der Waals surface area contributed by atoms with Crippen LogP contribution in [0.25, 0.3) is 5.57 Å². The Bertz CT molecular complexity index is 527. The number of anilines is 1. The quantitative estimate of drug-likeness (QED) is 0.843. The Kier molecular flexibility index (Phi) is 3.35. The molecule has 1 aromatic carbocycles. The van der Waals surface area contributed by atoms with Gasteiger partial charge in [-0.05, 0) is 29.7 Å². The van der Waals surface area contributed by atoms with E-state index < -0.39 is 0 Å². The van der Waals surface area contributed by atoms with Crippen LogP contribution in [-0.4, -0.2) is 23.3 Å². The van der Waals surface area contributed by atoms with E-state index in [2.05, 4.69) is 17.5 Å². The molecule has 0 saturated heterocycles. The lowest BCUT2D eigenvalue weighted by Crippen LogP contribution is -2.32. The van der Waals surface area contributed by atoms with Crippen LogP contribution in [-0.2, 0) is 11.2 Å². The normalized spacial score (nSPS) is 21.7. The molecule has 2 aliphatic heterocycles. The zero-order valence-electron chi connectivity index (χ0n) is 9.91. The monoisotopic (exact) mass is 279 g/mol. The van der Waals surface area contributed by atoms with Crippen molar-refractivity contribution in [3.8, 4) is 0 Å². The van der Waals surface area contributed by atoms with E-state index in [1.165, 1.54) is 16.7 Å². The van der Waals surface area contributed by atoms with E-state index in [0.717, 1.165) is 23.6 Å². The van der Waals surface area contributed by atoms with Crippen molar-refractivity contribution in [1.82, 2.24) is 0 Å². The molecule has 0 radical (unpaired) electrons. The maximum atomic E-state index is 12.0. The van der Waals surface area contributed by atoms with Crippen molar-refractivity contribution < 1.29 is 4.79 Å². The highest BCUT2D eigenvalue weighted by atomic mass is 35.5. The van der Waals surface area contributed by atoms with E-state index >= 15 is 0 Å². The first-order valence-corrected chi connectivity index (χ1v) is 7.76. The Hall–Kier alpha value is -0.930. The van der Waals surface area contributed by atoms with Gasteiger partial charge in [-0.15, -0.1) is 11.6 Å². The summed E-state index contributed by atoms with van der Waals surface area (Å²) < 4.78 is 0. The number of aryl methyl sites for hydroxylation is 1. The molecule has 1 amide bonds. The number of thioether (sulfide) groups is 1. The number of carbonyl (C=O) groups excluding carboxylic acids is 1. The Morgan fingerprint density at radius 3 is 3.17 bits per heavy atom. The molecular formula is C14H14ClNOS. The number of hydrogen-bond acceptors (Lipinski definition) is 2. The highest BCUT2D eigenvalue weighted by Crippen LogP contribution is 2.39. The molecule has 18 heavy (non-hydrogen) atoms. The van der Waals surface area contributed by atoms with Crippen LogP contribution in [0.5, 0.6) is 0 Å². The van der Waals surface area contributed by atoms with E-state index in [-0.39, 0.29) is 11.8 Å². The van der Waals surface area contributed by atoms with Crippen LogP contribution in [0.1, 0.15) is 11.1 Å².